The smallest absolute Gasteiger partial charge is 0.248 e. The molecule has 0 saturated heterocycles. The molecule has 2 nitrogen and oxygen atoms in total. The van der Waals surface area contributed by atoms with E-state index < -0.39 is 0 Å². The lowest BCUT2D eigenvalue weighted by molar-refractivity contribution is 0.185. The van der Waals surface area contributed by atoms with Crippen molar-refractivity contribution in [1.29, 1.82) is 0 Å². The molecule has 0 spiro atoms. The molecule has 118 valence electrons. The number of fused-ring (bicyclic) bond motifs is 3. The summed E-state index contributed by atoms with van der Waals surface area (Å²) in [5.41, 5.74) is 7.67. The third kappa shape index (κ3) is 2.24. The SMILES string of the molecule is COCc1cccc(OC)c1B1c2ccccc2-c2ccccc21. The Labute approximate surface area is 143 Å². The van der Waals surface area contributed by atoms with Crippen LogP contribution in [0.3, 0.4) is 0 Å². The molecular formula is C21H19BO2. The number of hydrogen-bond acceptors (Lipinski definition) is 2. The van der Waals surface area contributed by atoms with Crippen LogP contribution < -0.4 is 21.1 Å². The van der Waals surface area contributed by atoms with Crippen molar-refractivity contribution >= 4 is 23.1 Å². The molecule has 1 aliphatic rings. The molecule has 4 rings (SSSR count). The molecule has 3 heteroatoms. The first-order valence-electron chi connectivity index (χ1n) is 8.18. The highest BCUT2D eigenvalue weighted by Crippen LogP contribution is 2.25. The fraction of sp³-hybridized carbons (Fsp3) is 0.143. The topological polar surface area (TPSA) is 18.5 Å². The van der Waals surface area contributed by atoms with E-state index in [1.807, 2.05) is 12.1 Å². The minimum Gasteiger partial charge on any atom is -0.497 e. The van der Waals surface area contributed by atoms with Crippen LogP contribution >= 0.6 is 0 Å². The van der Waals surface area contributed by atoms with E-state index in [0.29, 0.717) is 6.61 Å². The summed E-state index contributed by atoms with van der Waals surface area (Å²) < 4.78 is 11.2. The van der Waals surface area contributed by atoms with Gasteiger partial charge in [0.15, 0.2) is 0 Å². The Morgan fingerprint density at radius 3 is 1.96 bits per heavy atom. The molecule has 0 saturated carbocycles. The molecule has 0 atom stereocenters. The lowest BCUT2D eigenvalue weighted by Gasteiger charge is -2.19. The van der Waals surface area contributed by atoms with E-state index in [9.17, 15) is 0 Å². The number of benzene rings is 3. The van der Waals surface area contributed by atoms with Crippen LogP contribution in [0.25, 0.3) is 11.1 Å². The average Bonchev–Trinajstić information content (AvgIpc) is 2.96. The zero-order valence-corrected chi connectivity index (χ0v) is 14.0. The highest BCUT2D eigenvalue weighted by atomic mass is 16.5. The van der Waals surface area contributed by atoms with Gasteiger partial charge in [-0.3, -0.25) is 0 Å². The second kappa shape index (κ2) is 6.18. The third-order valence-corrected chi connectivity index (χ3v) is 4.80. The largest absolute Gasteiger partial charge is 0.497 e. The van der Waals surface area contributed by atoms with Gasteiger partial charge in [0, 0.05) is 7.11 Å². The number of hydrogen-bond donors (Lipinski definition) is 0. The summed E-state index contributed by atoms with van der Waals surface area (Å²) in [5, 5.41) is 0. The number of methoxy groups -OCH3 is 2. The van der Waals surface area contributed by atoms with Crippen LogP contribution in [0, 0.1) is 0 Å². The van der Waals surface area contributed by atoms with Crippen LogP contribution in [0.15, 0.2) is 66.7 Å². The Morgan fingerprint density at radius 1 is 0.750 bits per heavy atom. The van der Waals surface area contributed by atoms with Gasteiger partial charge in [-0.15, -0.1) is 0 Å². The maximum atomic E-state index is 5.72. The van der Waals surface area contributed by atoms with Crippen LogP contribution in [0.2, 0.25) is 0 Å². The fourth-order valence-corrected chi connectivity index (χ4v) is 3.84. The van der Waals surface area contributed by atoms with E-state index in [4.69, 9.17) is 9.47 Å². The van der Waals surface area contributed by atoms with Gasteiger partial charge in [-0.25, -0.2) is 0 Å². The predicted molar refractivity (Wildman–Crippen MR) is 100 cm³/mol. The van der Waals surface area contributed by atoms with Crippen LogP contribution in [-0.2, 0) is 11.3 Å². The monoisotopic (exact) mass is 314 g/mol. The minimum absolute atomic E-state index is 0.179. The van der Waals surface area contributed by atoms with Gasteiger partial charge in [-0.2, -0.15) is 0 Å². The fourth-order valence-electron chi connectivity index (χ4n) is 3.84. The molecule has 0 aromatic heterocycles. The molecule has 0 aliphatic carbocycles. The number of rotatable bonds is 4. The second-order valence-electron chi connectivity index (χ2n) is 6.07. The Bertz CT molecular complexity index is 843. The average molecular weight is 314 g/mol. The lowest BCUT2D eigenvalue weighted by Crippen LogP contribution is -2.50. The zero-order chi connectivity index (χ0) is 16.5. The summed E-state index contributed by atoms with van der Waals surface area (Å²) in [7, 11) is 3.47. The molecule has 1 heterocycles. The van der Waals surface area contributed by atoms with E-state index in [1.165, 1.54) is 33.1 Å². The summed E-state index contributed by atoms with van der Waals surface area (Å²) in [4.78, 5) is 0. The first-order chi connectivity index (χ1) is 11.8. The maximum absolute atomic E-state index is 5.72. The van der Waals surface area contributed by atoms with Crippen molar-refractivity contribution in [3.05, 3.63) is 72.3 Å². The molecule has 3 aromatic carbocycles. The van der Waals surface area contributed by atoms with Crippen molar-refractivity contribution in [2.75, 3.05) is 14.2 Å². The molecule has 0 radical (unpaired) electrons. The predicted octanol–water partition coefficient (Wildman–Crippen LogP) is 2.34. The van der Waals surface area contributed by atoms with Gasteiger partial charge in [0.2, 0.25) is 6.71 Å². The first kappa shape index (κ1) is 15.0. The molecule has 24 heavy (non-hydrogen) atoms. The summed E-state index contributed by atoms with van der Waals surface area (Å²) in [5.74, 6) is 0.918. The Morgan fingerprint density at radius 2 is 1.38 bits per heavy atom. The minimum atomic E-state index is 0.179. The van der Waals surface area contributed by atoms with Gasteiger partial charge in [0.1, 0.15) is 5.75 Å². The molecule has 3 aromatic rings. The van der Waals surface area contributed by atoms with Crippen LogP contribution in [-0.4, -0.2) is 20.9 Å². The van der Waals surface area contributed by atoms with E-state index in [-0.39, 0.29) is 6.71 Å². The van der Waals surface area contributed by atoms with E-state index >= 15 is 0 Å². The molecule has 0 unspecified atom stereocenters. The Hall–Kier alpha value is -2.52. The highest BCUT2D eigenvalue weighted by molar-refractivity contribution is 6.99. The van der Waals surface area contributed by atoms with E-state index in [1.54, 1.807) is 14.2 Å². The van der Waals surface area contributed by atoms with E-state index in [2.05, 4.69) is 54.6 Å². The van der Waals surface area contributed by atoms with Gasteiger partial charge in [-0.1, -0.05) is 71.6 Å². The summed E-state index contributed by atoms with van der Waals surface area (Å²) in [6.45, 7) is 0.756. The molecule has 0 amide bonds. The standard InChI is InChI=1S/C21H19BO2/c1-23-14-15-8-7-13-20(24-2)21(15)22-18-11-5-3-9-16(18)17-10-4-6-12-19(17)22/h3-13H,14H2,1-2H3. The van der Waals surface area contributed by atoms with Crippen molar-refractivity contribution in [3.63, 3.8) is 0 Å². The lowest BCUT2D eigenvalue weighted by atomic mass is 9.38. The third-order valence-electron chi connectivity index (χ3n) is 4.80. The second-order valence-corrected chi connectivity index (χ2v) is 6.07. The van der Waals surface area contributed by atoms with Crippen molar-refractivity contribution in [3.8, 4) is 16.9 Å². The van der Waals surface area contributed by atoms with E-state index in [0.717, 1.165) is 5.75 Å². The summed E-state index contributed by atoms with van der Waals surface area (Å²) in [6.07, 6.45) is 0. The van der Waals surface area contributed by atoms with Crippen molar-refractivity contribution in [1.82, 2.24) is 0 Å². The van der Waals surface area contributed by atoms with Crippen molar-refractivity contribution in [2.24, 2.45) is 0 Å². The molecule has 0 N–H and O–H groups in total. The first-order valence-corrected chi connectivity index (χ1v) is 8.18. The van der Waals surface area contributed by atoms with Gasteiger partial charge >= 0.3 is 0 Å². The summed E-state index contributed by atoms with van der Waals surface area (Å²) in [6, 6.07) is 23.5. The quantitative estimate of drug-likeness (QED) is 0.538. The summed E-state index contributed by atoms with van der Waals surface area (Å²) >= 11 is 0. The highest BCUT2D eigenvalue weighted by Gasteiger charge is 2.36. The molecule has 1 aliphatic heterocycles. The van der Waals surface area contributed by atoms with Crippen LogP contribution in [0.4, 0.5) is 0 Å². The Balaban J connectivity index is 2.01. The molecular weight excluding hydrogens is 295 g/mol. The van der Waals surface area contributed by atoms with Crippen molar-refractivity contribution in [2.45, 2.75) is 6.61 Å². The maximum Gasteiger partial charge on any atom is 0.248 e. The van der Waals surface area contributed by atoms with Crippen LogP contribution in [0.1, 0.15) is 5.56 Å². The van der Waals surface area contributed by atoms with Gasteiger partial charge < -0.3 is 9.47 Å². The number of ether oxygens (including phenoxy) is 2. The normalized spacial score (nSPS) is 12.0. The zero-order valence-electron chi connectivity index (χ0n) is 14.0. The molecule has 0 bridgehead atoms. The van der Waals surface area contributed by atoms with Crippen LogP contribution in [0.5, 0.6) is 5.75 Å². The van der Waals surface area contributed by atoms with Crippen molar-refractivity contribution < 1.29 is 9.47 Å². The van der Waals surface area contributed by atoms with Gasteiger partial charge in [0.25, 0.3) is 0 Å². The Kier molecular flexibility index (Phi) is 3.87. The molecule has 0 fully saturated rings. The van der Waals surface area contributed by atoms with Gasteiger partial charge in [-0.05, 0) is 28.2 Å². The van der Waals surface area contributed by atoms with Gasteiger partial charge in [0.05, 0.1) is 13.7 Å².